The minimum atomic E-state index is -0.723. The van der Waals surface area contributed by atoms with Gasteiger partial charge < -0.3 is 10.2 Å². The van der Waals surface area contributed by atoms with Crippen LogP contribution in [-0.4, -0.2) is 15.2 Å². The van der Waals surface area contributed by atoms with Crippen molar-refractivity contribution in [2.75, 3.05) is 0 Å². The molecule has 6 heteroatoms. The van der Waals surface area contributed by atoms with Crippen molar-refractivity contribution in [3.63, 3.8) is 0 Å². The molecule has 0 atom stereocenters. The van der Waals surface area contributed by atoms with E-state index in [-0.39, 0.29) is 5.75 Å². The van der Waals surface area contributed by atoms with Crippen molar-refractivity contribution in [1.82, 2.24) is 4.98 Å². The van der Waals surface area contributed by atoms with Gasteiger partial charge in [0.05, 0.1) is 16.2 Å². The van der Waals surface area contributed by atoms with Gasteiger partial charge in [-0.1, -0.05) is 29.8 Å². The molecule has 0 bridgehead atoms. The molecule has 1 heterocycles. The third-order valence-corrected chi connectivity index (χ3v) is 5.19. The number of benzene rings is 3. The minimum absolute atomic E-state index is 0.170. The molecule has 0 saturated heterocycles. The molecule has 0 aliphatic rings. The van der Waals surface area contributed by atoms with E-state index in [9.17, 15) is 14.6 Å². The molecule has 134 valence electrons. The SMILES string of the molecule is Oc1ccc(-c2cc(Cl)c3cc(-c4ccccc4O)cc(Br)c3n2)cc1F. The van der Waals surface area contributed by atoms with E-state index in [0.717, 1.165) is 5.56 Å². The average Bonchev–Trinajstić information content (AvgIpc) is 2.65. The van der Waals surface area contributed by atoms with Crippen LogP contribution < -0.4 is 0 Å². The third kappa shape index (κ3) is 3.24. The minimum Gasteiger partial charge on any atom is -0.507 e. The Morgan fingerprint density at radius 3 is 2.41 bits per heavy atom. The Morgan fingerprint density at radius 1 is 0.889 bits per heavy atom. The lowest BCUT2D eigenvalue weighted by atomic mass is 10.0. The van der Waals surface area contributed by atoms with E-state index in [1.165, 1.54) is 12.1 Å². The fourth-order valence-corrected chi connectivity index (χ4v) is 3.73. The maximum atomic E-state index is 13.7. The summed E-state index contributed by atoms with van der Waals surface area (Å²) in [7, 11) is 0. The first kappa shape index (κ1) is 17.8. The van der Waals surface area contributed by atoms with Gasteiger partial charge in [-0.25, -0.2) is 9.37 Å². The summed E-state index contributed by atoms with van der Waals surface area (Å²) in [5.74, 6) is -0.970. The van der Waals surface area contributed by atoms with E-state index >= 15 is 0 Å². The zero-order valence-electron chi connectivity index (χ0n) is 13.7. The highest BCUT2D eigenvalue weighted by atomic mass is 79.9. The van der Waals surface area contributed by atoms with Crippen LogP contribution >= 0.6 is 27.5 Å². The van der Waals surface area contributed by atoms with Crippen LogP contribution in [0.25, 0.3) is 33.3 Å². The van der Waals surface area contributed by atoms with Crippen LogP contribution in [0.4, 0.5) is 4.39 Å². The van der Waals surface area contributed by atoms with E-state index in [4.69, 9.17) is 11.6 Å². The molecular formula is C21H12BrClFNO2. The lowest BCUT2D eigenvalue weighted by molar-refractivity contribution is 0.432. The number of fused-ring (bicyclic) bond motifs is 1. The molecule has 0 amide bonds. The number of aromatic hydroxyl groups is 2. The summed E-state index contributed by atoms with van der Waals surface area (Å²) < 4.78 is 14.4. The van der Waals surface area contributed by atoms with Crippen LogP contribution in [0.1, 0.15) is 0 Å². The second-order valence-corrected chi connectivity index (χ2v) is 7.29. The molecule has 0 aliphatic carbocycles. The van der Waals surface area contributed by atoms with Gasteiger partial charge in [0, 0.05) is 21.0 Å². The maximum Gasteiger partial charge on any atom is 0.165 e. The van der Waals surface area contributed by atoms with Crippen molar-refractivity contribution in [2.24, 2.45) is 0 Å². The van der Waals surface area contributed by atoms with Crippen molar-refractivity contribution in [3.8, 4) is 33.9 Å². The molecule has 4 aromatic rings. The molecule has 27 heavy (non-hydrogen) atoms. The first-order valence-electron chi connectivity index (χ1n) is 8.01. The molecule has 0 fully saturated rings. The Balaban J connectivity index is 1.91. The van der Waals surface area contributed by atoms with E-state index in [0.29, 0.717) is 37.2 Å². The van der Waals surface area contributed by atoms with Crippen molar-refractivity contribution < 1.29 is 14.6 Å². The highest BCUT2D eigenvalue weighted by Gasteiger charge is 2.14. The molecule has 0 radical (unpaired) electrons. The summed E-state index contributed by atoms with van der Waals surface area (Å²) in [5, 5.41) is 20.6. The van der Waals surface area contributed by atoms with Crippen LogP contribution in [-0.2, 0) is 0 Å². The standard InChI is InChI=1S/C21H12BrClFNO2/c22-15-8-12(13-3-1-2-4-19(13)26)7-14-16(23)10-18(25-21(14)15)11-5-6-20(27)17(24)9-11/h1-10,26-27H. The zero-order valence-corrected chi connectivity index (χ0v) is 16.1. The number of phenols is 2. The smallest absolute Gasteiger partial charge is 0.165 e. The number of halogens is 3. The maximum absolute atomic E-state index is 13.7. The van der Waals surface area contributed by atoms with Crippen molar-refractivity contribution in [3.05, 3.63) is 76.0 Å². The molecule has 2 N–H and O–H groups in total. The Kier molecular flexibility index (Phi) is 4.50. The normalized spacial score (nSPS) is 11.1. The monoisotopic (exact) mass is 443 g/mol. The number of pyridine rings is 1. The summed E-state index contributed by atoms with van der Waals surface area (Å²) in [5.41, 5.74) is 3.08. The topological polar surface area (TPSA) is 53.4 Å². The fourth-order valence-electron chi connectivity index (χ4n) is 2.93. The highest BCUT2D eigenvalue weighted by molar-refractivity contribution is 9.10. The molecule has 4 rings (SSSR count). The molecule has 3 aromatic carbocycles. The van der Waals surface area contributed by atoms with Gasteiger partial charge in [-0.2, -0.15) is 0 Å². The Morgan fingerprint density at radius 2 is 1.67 bits per heavy atom. The van der Waals surface area contributed by atoms with Crippen molar-refractivity contribution >= 4 is 38.4 Å². The second-order valence-electron chi connectivity index (χ2n) is 6.03. The first-order chi connectivity index (χ1) is 12.9. The Hall–Kier alpha value is -2.63. The number of rotatable bonds is 2. The molecule has 0 unspecified atom stereocenters. The Labute approximate surface area is 167 Å². The average molecular weight is 445 g/mol. The molecule has 0 saturated carbocycles. The van der Waals surface area contributed by atoms with Gasteiger partial charge in [0.2, 0.25) is 0 Å². The number of para-hydroxylation sites is 1. The fraction of sp³-hybridized carbons (Fsp3) is 0. The van der Waals surface area contributed by atoms with E-state index in [2.05, 4.69) is 20.9 Å². The third-order valence-electron chi connectivity index (χ3n) is 4.27. The zero-order chi connectivity index (χ0) is 19.1. The van der Waals surface area contributed by atoms with E-state index in [1.54, 1.807) is 24.3 Å². The number of nitrogens with zero attached hydrogens (tertiary/aromatic N) is 1. The molecule has 3 nitrogen and oxygen atoms in total. The molecular weight excluding hydrogens is 433 g/mol. The van der Waals surface area contributed by atoms with Gasteiger partial charge in [-0.05, 0) is 64.0 Å². The van der Waals surface area contributed by atoms with Crippen molar-refractivity contribution in [2.45, 2.75) is 0 Å². The number of hydrogen-bond donors (Lipinski definition) is 2. The predicted octanol–water partition coefficient (Wildman–Crippen LogP) is 6.54. The van der Waals surface area contributed by atoms with Gasteiger partial charge in [0.1, 0.15) is 5.75 Å². The van der Waals surface area contributed by atoms with Gasteiger partial charge in [0.25, 0.3) is 0 Å². The van der Waals surface area contributed by atoms with Crippen LogP contribution in [0.15, 0.2) is 65.1 Å². The first-order valence-corrected chi connectivity index (χ1v) is 9.18. The molecule has 0 aliphatic heterocycles. The molecule has 0 spiro atoms. The largest absolute Gasteiger partial charge is 0.507 e. The van der Waals surface area contributed by atoms with E-state index in [1.807, 2.05) is 24.3 Å². The van der Waals surface area contributed by atoms with Gasteiger partial charge >= 0.3 is 0 Å². The van der Waals surface area contributed by atoms with Crippen molar-refractivity contribution in [1.29, 1.82) is 0 Å². The van der Waals surface area contributed by atoms with Crippen LogP contribution in [0.5, 0.6) is 11.5 Å². The molecule has 1 aromatic heterocycles. The summed E-state index contributed by atoms with van der Waals surface area (Å²) >= 11 is 10.0. The van der Waals surface area contributed by atoms with E-state index < -0.39 is 11.6 Å². The number of aromatic nitrogens is 1. The quantitative estimate of drug-likeness (QED) is 0.369. The van der Waals surface area contributed by atoms with Gasteiger partial charge in [0.15, 0.2) is 11.6 Å². The second kappa shape index (κ2) is 6.83. The number of hydrogen-bond acceptors (Lipinski definition) is 3. The Bertz CT molecular complexity index is 1200. The van der Waals surface area contributed by atoms with Crippen LogP contribution in [0.2, 0.25) is 5.02 Å². The van der Waals surface area contributed by atoms with Gasteiger partial charge in [-0.3, -0.25) is 0 Å². The predicted molar refractivity (Wildman–Crippen MR) is 109 cm³/mol. The number of phenolic OH excluding ortho intramolecular Hbond substituents is 2. The summed E-state index contributed by atoms with van der Waals surface area (Å²) in [4.78, 5) is 4.59. The highest BCUT2D eigenvalue weighted by Crippen LogP contribution is 2.38. The summed E-state index contributed by atoms with van der Waals surface area (Å²) in [6.07, 6.45) is 0. The summed E-state index contributed by atoms with van der Waals surface area (Å²) in [6.45, 7) is 0. The lowest BCUT2D eigenvalue weighted by Gasteiger charge is -2.11. The van der Waals surface area contributed by atoms with Gasteiger partial charge in [-0.15, -0.1) is 0 Å². The van der Waals surface area contributed by atoms with Crippen LogP contribution in [0, 0.1) is 5.82 Å². The summed E-state index contributed by atoms with van der Waals surface area (Å²) in [6, 6.07) is 16.5. The van der Waals surface area contributed by atoms with Crippen LogP contribution in [0.3, 0.4) is 0 Å². The lowest BCUT2D eigenvalue weighted by Crippen LogP contribution is -1.90.